The molecule has 2 radical (unpaired) electrons. The monoisotopic (exact) mass is 138 g/mol. The fourth-order valence-corrected chi connectivity index (χ4v) is 1.28. The van der Waals surface area contributed by atoms with Gasteiger partial charge in [0.2, 0.25) is 0 Å². The lowest BCUT2D eigenvalue weighted by atomic mass is 10.5. The molecule has 0 heterocycles. The molecular weight excluding hydrogens is 124 g/mol. The standard InChI is InChI=1S/C8H14Si/c1-3-5-7-9-8-6-4-2/h5-8H,3-4H2,1-2H3/b7-5+,8-6+. The Balaban J connectivity index is 3.08. The quantitative estimate of drug-likeness (QED) is 0.524. The zero-order valence-electron chi connectivity index (χ0n) is 6.22. The molecule has 0 aromatic rings. The van der Waals surface area contributed by atoms with Gasteiger partial charge in [-0.15, -0.1) is 0 Å². The maximum atomic E-state index is 2.23. The lowest BCUT2D eigenvalue weighted by Crippen LogP contribution is -1.74. The van der Waals surface area contributed by atoms with Crippen molar-refractivity contribution in [2.24, 2.45) is 0 Å². The zero-order valence-corrected chi connectivity index (χ0v) is 7.22. The maximum Gasteiger partial charge on any atom is 0.100 e. The van der Waals surface area contributed by atoms with Gasteiger partial charge in [0.25, 0.3) is 0 Å². The van der Waals surface area contributed by atoms with Crippen LogP contribution >= 0.6 is 0 Å². The molecule has 0 saturated heterocycles. The Morgan fingerprint density at radius 2 is 1.44 bits per heavy atom. The minimum Gasteiger partial charge on any atom is -0.0979 e. The van der Waals surface area contributed by atoms with Crippen molar-refractivity contribution in [3.63, 3.8) is 0 Å². The van der Waals surface area contributed by atoms with Gasteiger partial charge >= 0.3 is 0 Å². The first-order valence-corrected chi connectivity index (χ1v) is 4.63. The highest BCUT2D eigenvalue weighted by molar-refractivity contribution is 6.48. The molecule has 0 aliphatic carbocycles. The van der Waals surface area contributed by atoms with Gasteiger partial charge in [0, 0.05) is 0 Å². The van der Waals surface area contributed by atoms with Gasteiger partial charge in [0.05, 0.1) is 0 Å². The summed E-state index contributed by atoms with van der Waals surface area (Å²) in [6.07, 6.45) is 6.73. The lowest BCUT2D eigenvalue weighted by molar-refractivity contribution is 1.23. The smallest absolute Gasteiger partial charge is 0.0979 e. The van der Waals surface area contributed by atoms with Crippen molar-refractivity contribution in [1.29, 1.82) is 0 Å². The van der Waals surface area contributed by atoms with Crippen LogP contribution in [0.5, 0.6) is 0 Å². The molecule has 0 bridgehead atoms. The number of hydrogen-bond acceptors (Lipinski definition) is 0. The Bertz CT molecular complexity index is 80.7. The predicted octanol–water partition coefficient (Wildman–Crippen LogP) is 2.54. The molecule has 0 aromatic heterocycles. The summed E-state index contributed by atoms with van der Waals surface area (Å²) in [5.41, 5.74) is 4.46. The molecule has 0 aromatic carbocycles. The van der Waals surface area contributed by atoms with Gasteiger partial charge in [-0.05, 0) is 12.8 Å². The fourth-order valence-electron chi connectivity index (χ4n) is 0.427. The molecule has 0 atom stereocenters. The van der Waals surface area contributed by atoms with Crippen LogP contribution in [-0.4, -0.2) is 9.52 Å². The Morgan fingerprint density at radius 3 is 1.78 bits per heavy atom. The number of rotatable bonds is 4. The lowest BCUT2D eigenvalue weighted by Gasteiger charge is -1.78. The Kier molecular flexibility index (Phi) is 7.44. The van der Waals surface area contributed by atoms with Crippen LogP contribution < -0.4 is 0 Å². The molecule has 0 N–H and O–H groups in total. The molecule has 9 heavy (non-hydrogen) atoms. The third kappa shape index (κ3) is 7.70. The summed E-state index contributed by atoms with van der Waals surface area (Å²) in [5, 5.41) is 0. The average molecular weight is 138 g/mol. The van der Waals surface area contributed by atoms with E-state index in [9.17, 15) is 0 Å². The molecule has 0 rings (SSSR count). The van der Waals surface area contributed by atoms with E-state index in [0.717, 1.165) is 22.4 Å². The first-order chi connectivity index (χ1) is 4.41. The van der Waals surface area contributed by atoms with Crippen LogP contribution in [0, 0.1) is 0 Å². The second kappa shape index (κ2) is 7.70. The van der Waals surface area contributed by atoms with E-state index >= 15 is 0 Å². The average Bonchev–Trinajstić information content (AvgIpc) is 1.89. The van der Waals surface area contributed by atoms with Gasteiger partial charge in [-0.25, -0.2) is 0 Å². The number of hydrogen-bond donors (Lipinski definition) is 0. The highest BCUT2D eigenvalue weighted by atomic mass is 28.2. The van der Waals surface area contributed by atoms with E-state index in [-0.39, 0.29) is 0 Å². The van der Waals surface area contributed by atoms with Crippen LogP contribution in [0.15, 0.2) is 23.6 Å². The van der Waals surface area contributed by atoms with E-state index in [4.69, 9.17) is 0 Å². The third-order valence-electron chi connectivity index (χ3n) is 0.900. The molecule has 0 aliphatic heterocycles. The van der Waals surface area contributed by atoms with Gasteiger partial charge in [0.1, 0.15) is 9.52 Å². The van der Waals surface area contributed by atoms with E-state index in [1.807, 2.05) is 0 Å². The summed E-state index contributed by atoms with van der Waals surface area (Å²) in [6.45, 7) is 4.31. The van der Waals surface area contributed by atoms with Crippen LogP contribution in [0.2, 0.25) is 0 Å². The molecular formula is C8H14Si. The van der Waals surface area contributed by atoms with E-state index in [0.29, 0.717) is 0 Å². The molecule has 0 spiro atoms. The molecule has 1 heteroatoms. The zero-order chi connectivity index (χ0) is 6.95. The van der Waals surface area contributed by atoms with E-state index < -0.39 is 0 Å². The molecule has 0 fully saturated rings. The SMILES string of the molecule is CC/C=C/[Si]/C=C/CC. The van der Waals surface area contributed by atoms with E-state index in [1.54, 1.807) is 0 Å². The first kappa shape index (κ1) is 8.70. The topological polar surface area (TPSA) is 0 Å². The fraction of sp³-hybridized carbons (Fsp3) is 0.500. The Morgan fingerprint density at radius 1 is 1.00 bits per heavy atom. The van der Waals surface area contributed by atoms with Crippen molar-refractivity contribution in [1.82, 2.24) is 0 Å². The first-order valence-electron chi connectivity index (χ1n) is 3.47. The summed E-state index contributed by atoms with van der Waals surface area (Å²) in [7, 11) is 0.885. The second-order valence-electron chi connectivity index (χ2n) is 1.79. The van der Waals surface area contributed by atoms with Crippen molar-refractivity contribution >= 4 is 9.52 Å². The van der Waals surface area contributed by atoms with Gasteiger partial charge in [-0.1, -0.05) is 37.4 Å². The summed E-state index contributed by atoms with van der Waals surface area (Å²) in [4.78, 5) is 0. The van der Waals surface area contributed by atoms with Gasteiger partial charge in [-0.2, -0.15) is 0 Å². The van der Waals surface area contributed by atoms with Crippen molar-refractivity contribution in [2.75, 3.05) is 0 Å². The molecule has 0 amide bonds. The predicted molar refractivity (Wildman–Crippen MR) is 44.6 cm³/mol. The summed E-state index contributed by atoms with van der Waals surface area (Å²) < 4.78 is 0. The van der Waals surface area contributed by atoms with Crippen molar-refractivity contribution in [3.05, 3.63) is 23.6 Å². The van der Waals surface area contributed by atoms with Crippen LogP contribution in [0.3, 0.4) is 0 Å². The van der Waals surface area contributed by atoms with Crippen LogP contribution in [0.25, 0.3) is 0 Å². The molecule has 0 aliphatic rings. The molecule has 0 saturated carbocycles. The third-order valence-corrected chi connectivity index (χ3v) is 1.76. The van der Waals surface area contributed by atoms with Crippen molar-refractivity contribution < 1.29 is 0 Å². The second-order valence-corrected chi connectivity index (χ2v) is 2.79. The van der Waals surface area contributed by atoms with Crippen LogP contribution in [0.1, 0.15) is 26.7 Å². The van der Waals surface area contributed by atoms with Crippen molar-refractivity contribution in [2.45, 2.75) is 26.7 Å². The van der Waals surface area contributed by atoms with Crippen molar-refractivity contribution in [3.8, 4) is 0 Å². The van der Waals surface area contributed by atoms with E-state index in [2.05, 4.69) is 37.4 Å². The van der Waals surface area contributed by atoms with Crippen LogP contribution in [0.4, 0.5) is 0 Å². The summed E-state index contributed by atoms with van der Waals surface area (Å²) >= 11 is 0. The van der Waals surface area contributed by atoms with Gasteiger partial charge in [0.15, 0.2) is 0 Å². The molecule has 0 nitrogen and oxygen atoms in total. The highest BCUT2D eigenvalue weighted by Crippen LogP contribution is 1.80. The van der Waals surface area contributed by atoms with Gasteiger partial charge in [-0.3, -0.25) is 0 Å². The summed E-state index contributed by atoms with van der Waals surface area (Å²) in [6, 6.07) is 0. The maximum absolute atomic E-state index is 2.23. The Hall–Kier alpha value is -0.303. The summed E-state index contributed by atoms with van der Waals surface area (Å²) in [5.74, 6) is 0. The number of allylic oxidation sites excluding steroid dienone is 2. The minimum atomic E-state index is 0.885. The molecule has 50 valence electrons. The minimum absolute atomic E-state index is 0.885. The molecule has 0 unspecified atom stereocenters. The van der Waals surface area contributed by atoms with E-state index in [1.165, 1.54) is 0 Å². The van der Waals surface area contributed by atoms with Crippen LogP contribution in [-0.2, 0) is 0 Å². The highest BCUT2D eigenvalue weighted by Gasteiger charge is 1.70. The van der Waals surface area contributed by atoms with Gasteiger partial charge < -0.3 is 0 Å². The Labute approximate surface area is 60.5 Å². The largest absolute Gasteiger partial charge is 0.100 e. The normalized spacial score (nSPS) is 11.8.